The average molecular weight is 478 g/mol. The number of rotatable bonds is 7. The third kappa shape index (κ3) is 5.99. The first kappa shape index (κ1) is 23.6. The van der Waals surface area contributed by atoms with Crippen LogP contribution in [0.1, 0.15) is 35.3 Å². The van der Waals surface area contributed by atoms with Crippen LogP contribution in [-0.4, -0.2) is 41.9 Å². The Hall–Kier alpha value is -3.10. The largest absolute Gasteiger partial charge is 0.455 e. The summed E-state index contributed by atoms with van der Waals surface area (Å²) in [5, 5.41) is 4.28. The number of benzene rings is 2. The zero-order valence-corrected chi connectivity index (χ0v) is 18.7. The minimum Gasteiger partial charge on any atom is -0.455 e. The Morgan fingerprint density at radius 2 is 1.88 bits per heavy atom. The highest BCUT2D eigenvalue weighted by atomic mass is 35.5. The van der Waals surface area contributed by atoms with E-state index in [1.807, 2.05) is 37.3 Å². The number of carbonyl (C=O) groups is 4. The lowest BCUT2D eigenvalue weighted by atomic mass is 10.1. The van der Waals surface area contributed by atoms with Gasteiger partial charge in [-0.15, -0.1) is 0 Å². The van der Waals surface area contributed by atoms with Crippen LogP contribution < -0.4 is 10.7 Å². The van der Waals surface area contributed by atoms with Gasteiger partial charge in [-0.2, -0.15) is 0 Å². The summed E-state index contributed by atoms with van der Waals surface area (Å²) in [5.74, 6) is -3.01. The second-order valence-electron chi connectivity index (χ2n) is 7.28. The van der Waals surface area contributed by atoms with Gasteiger partial charge in [0.05, 0.1) is 29.1 Å². The van der Waals surface area contributed by atoms with Crippen molar-refractivity contribution in [2.24, 2.45) is 5.92 Å². The van der Waals surface area contributed by atoms with Gasteiger partial charge in [-0.25, -0.2) is 0 Å². The van der Waals surface area contributed by atoms with Crippen LogP contribution >= 0.6 is 23.2 Å². The molecule has 32 heavy (non-hydrogen) atoms. The Labute approximate surface area is 194 Å². The molecule has 3 rings (SSSR count). The van der Waals surface area contributed by atoms with Crippen molar-refractivity contribution in [2.45, 2.75) is 19.4 Å². The van der Waals surface area contributed by atoms with Gasteiger partial charge in [0.1, 0.15) is 0 Å². The lowest BCUT2D eigenvalue weighted by Crippen LogP contribution is -2.43. The minimum absolute atomic E-state index is 0.0728. The Balaban J connectivity index is 1.48. The summed E-state index contributed by atoms with van der Waals surface area (Å²) in [7, 11) is 0. The molecule has 0 saturated carbocycles. The molecule has 0 aliphatic carbocycles. The maximum atomic E-state index is 12.4. The van der Waals surface area contributed by atoms with Crippen LogP contribution in [0.5, 0.6) is 0 Å². The van der Waals surface area contributed by atoms with E-state index in [1.54, 1.807) is 0 Å². The van der Waals surface area contributed by atoms with E-state index in [-0.39, 0.29) is 29.6 Å². The quantitative estimate of drug-likeness (QED) is 0.596. The number of hydrazine groups is 1. The van der Waals surface area contributed by atoms with Crippen molar-refractivity contribution in [1.82, 2.24) is 15.8 Å². The van der Waals surface area contributed by atoms with E-state index in [1.165, 1.54) is 18.2 Å². The number of hydrogen-bond donors (Lipinski definition) is 2. The number of halogens is 2. The number of esters is 1. The van der Waals surface area contributed by atoms with E-state index >= 15 is 0 Å². The molecule has 1 aliphatic rings. The molecule has 0 aromatic heterocycles. The standard InChI is InChI=1S/C22H21Cl2N3O5/c1-13(14-5-3-2-4-6-14)25-19(28)12-32-22(31)15-9-20(29)27(11-15)26-21(30)17-8-7-16(23)10-18(17)24/h2-8,10,13,15H,9,11-12H2,1H3,(H,25,28)(H,26,30)/t13-,15-/m1/s1. The highest BCUT2D eigenvalue weighted by molar-refractivity contribution is 6.36. The third-order valence-electron chi connectivity index (χ3n) is 4.89. The predicted octanol–water partition coefficient (Wildman–Crippen LogP) is 2.91. The summed E-state index contributed by atoms with van der Waals surface area (Å²) in [6, 6.07) is 13.4. The van der Waals surface area contributed by atoms with Crippen molar-refractivity contribution < 1.29 is 23.9 Å². The molecule has 0 unspecified atom stereocenters. The third-order valence-corrected chi connectivity index (χ3v) is 5.44. The maximum Gasteiger partial charge on any atom is 0.311 e. The highest BCUT2D eigenvalue weighted by Gasteiger charge is 2.37. The van der Waals surface area contributed by atoms with E-state index in [0.29, 0.717) is 5.02 Å². The maximum absolute atomic E-state index is 12.4. The van der Waals surface area contributed by atoms with Crippen LogP contribution in [0.15, 0.2) is 48.5 Å². The van der Waals surface area contributed by atoms with Crippen LogP contribution in [0.25, 0.3) is 0 Å². The summed E-state index contributed by atoms with van der Waals surface area (Å²) in [6.45, 7) is 1.28. The molecule has 0 spiro atoms. The van der Waals surface area contributed by atoms with Crippen LogP contribution in [-0.2, 0) is 19.1 Å². The Kier molecular flexibility index (Phi) is 7.71. The normalized spacial score (nSPS) is 16.4. The highest BCUT2D eigenvalue weighted by Crippen LogP contribution is 2.22. The monoisotopic (exact) mass is 477 g/mol. The Bertz CT molecular complexity index is 1030. The molecule has 3 amide bonds. The molecule has 0 radical (unpaired) electrons. The topological polar surface area (TPSA) is 105 Å². The second kappa shape index (κ2) is 10.5. The van der Waals surface area contributed by atoms with E-state index in [4.69, 9.17) is 27.9 Å². The van der Waals surface area contributed by atoms with Crippen molar-refractivity contribution in [3.05, 3.63) is 69.7 Å². The summed E-state index contributed by atoms with van der Waals surface area (Å²) < 4.78 is 5.06. The molecule has 2 aromatic rings. The van der Waals surface area contributed by atoms with Crippen molar-refractivity contribution in [3.8, 4) is 0 Å². The molecule has 1 fully saturated rings. The van der Waals surface area contributed by atoms with Crippen molar-refractivity contribution in [1.29, 1.82) is 0 Å². The molecule has 1 aliphatic heterocycles. The van der Waals surface area contributed by atoms with Crippen LogP contribution in [0.4, 0.5) is 0 Å². The van der Waals surface area contributed by atoms with Gasteiger partial charge < -0.3 is 10.1 Å². The van der Waals surface area contributed by atoms with E-state index in [9.17, 15) is 19.2 Å². The first-order valence-corrected chi connectivity index (χ1v) is 10.6. The molecule has 2 N–H and O–H groups in total. The lowest BCUT2D eigenvalue weighted by molar-refractivity contribution is -0.152. The second-order valence-corrected chi connectivity index (χ2v) is 8.12. The first-order valence-electron chi connectivity index (χ1n) is 9.82. The molecule has 8 nitrogen and oxygen atoms in total. The van der Waals surface area contributed by atoms with Gasteiger partial charge in [-0.3, -0.25) is 29.6 Å². The lowest BCUT2D eigenvalue weighted by Gasteiger charge is -2.18. The van der Waals surface area contributed by atoms with Gasteiger partial charge in [-0.1, -0.05) is 53.5 Å². The molecule has 1 saturated heterocycles. The average Bonchev–Trinajstić information content (AvgIpc) is 3.12. The first-order chi connectivity index (χ1) is 15.2. The van der Waals surface area contributed by atoms with Crippen LogP contribution in [0, 0.1) is 5.92 Å². The number of hydrogen-bond acceptors (Lipinski definition) is 5. The predicted molar refractivity (Wildman–Crippen MR) is 118 cm³/mol. The van der Waals surface area contributed by atoms with Gasteiger partial charge in [-0.05, 0) is 30.7 Å². The fourth-order valence-electron chi connectivity index (χ4n) is 3.19. The van der Waals surface area contributed by atoms with Gasteiger partial charge in [0.25, 0.3) is 11.8 Å². The molecular formula is C22H21Cl2N3O5. The smallest absolute Gasteiger partial charge is 0.311 e. The molecule has 10 heteroatoms. The molecule has 0 bridgehead atoms. The van der Waals surface area contributed by atoms with E-state index < -0.39 is 36.2 Å². The zero-order chi connectivity index (χ0) is 23.3. The van der Waals surface area contributed by atoms with Crippen LogP contribution in [0.3, 0.4) is 0 Å². The van der Waals surface area contributed by atoms with Crippen molar-refractivity contribution >= 4 is 46.9 Å². The summed E-state index contributed by atoms with van der Waals surface area (Å²) in [4.78, 5) is 49.0. The van der Waals surface area contributed by atoms with Gasteiger partial charge in [0.2, 0.25) is 5.91 Å². The Morgan fingerprint density at radius 1 is 1.16 bits per heavy atom. The molecule has 2 atom stereocenters. The fourth-order valence-corrected chi connectivity index (χ4v) is 3.69. The van der Waals surface area contributed by atoms with Gasteiger partial charge in [0.15, 0.2) is 6.61 Å². The summed E-state index contributed by atoms with van der Waals surface area (Å²) in [6.07, 6.45) is -0.143. The molecule has 1 heterocycles. The number of carbonyl (C=O) groups excluding carboxylic acids is 4. The fraction of sp³-hybridized carbons (Fsp3) is 0.273. The Morgan fingerprint density at radius 3 is 2.56 bits per heavy atom. The van der Waals surface area contributed by atoms with E-state index in [0.717, 1.165) is 10.6 Å². The van der Waals surface area contributed by atoms with Gasteiger partial charge >= 0.3 is 5.97 Å². The van der Waals surface area contributed by atoms with E-state index in [2.05, 4.69) is 10.7 Å². The SMILES string of the molecule is C[C@@H](NC(=O)COC(=O)[C@@H]1CC(=O)N(NC(=O)c2ccc(Cl)cc2Cl)C1)c1ccccc1. The number of nitrogens with one attached hydrogen (secondary N) is 2. The summed E-state index contributed by atoms with van der Waals surface area (Å²) in [5.41, 5.74) is 3.48. The molecule has 168 valence electrons. The minimum atomic E-state index is -0.803. The molecular weight excluding hydrogens is 457 g/mol. The number of amides is 3. The van der Waals surface area contributed by atoms with Gasteiger partial charge in [0, 0.05) is 11.4 Å². The van der Waals surface area contributed by atoms with Crippen molar-refractivity contribution in [2.75, 3.05) is 13.2 Å². The number of nitrogens with zero attached hydrogens (tertiary/aromatic N) is 1. The van der Waals surface area contributed by atoms with Crippen molar-refractivity contribution in [3.63, 3.8) is 0 Å². The van der Waals surface area contributed by atoms with Crippen LogP contribution in [0.2, 0.25) is 10.0 Å². The number of ether oxygens (including phenoxy) is 1. The molecule has 2 aromatic carbocycles. The zero-order valence-electron chi connectivity index (χ0n) is 17.1. The summed E-state index contributed by atoms with van der Waals surface area (Å²) >= 11 is 11.8.